The van der Waals surface area contributed by atoms with Gasteiger partial charge in [-0.15, -0.1) is 0 Å². The minimum absolute atomic E-state index is 0.102. The average molecular weight is 459 g/mol. The molecule has 1 fully saturated rings. The molecule has 0 saturated carbocycles. The molecule has 2 aromatic rings. The van der Waals surface area contributed by atoms with Crippen molar-refractivity contribution in [2.45, 2.75) is 51.1 Å². The molecule has 0 aliphatic carbocycles. The monoisotopic (exact) mass is 457 g/mol. The molecule has 1 aliphatic rings. The predicted octanol–water partition coefficient (Wildman–Crippen LogP) is 6.51. The van der Waals surface area contributed by atoms with Crippen LogP contribution in [-0.4, -0.2) is 23.2 Å². The Kier molecular flexibility index (Phi) is 6.50. The van der Waals surface area contributed by atoms with Gasteiger partial charge >= 0.3 is 5.97 Å². The second kappa shape index (κ2) is 8.43. The normalized spacial score (nSPS) is 24.7. The number of aliphatic carboxylic acids is 1. The molecule has 2 N–H and O–H groups in total. The number of carbonyl (C=O) groups is 1. The number of hydrogen-bond donors (Lipinski definition) is 2. The lowest BCUT2D eigenvalue weighted by Gasteiger charge is -2.30. The zero-order valence-corrected chi connectivity index (χ0v) is 18.6. The van der Waals surface area contributed by atoms with E-state index in [0.717, 1.165) is 0 Å². The number of halogens is 4. The van der Waals surface area contributed by atoms with Gasteiger partial charge in [-0.1, -0.05) is 73.8 Å². The van der Waals surface area contributed by atoms with Crippen LogP contribution in [0.25, 0.3) is 0 Å². The molecule has 0 spiro atoms. The molecule has 1 aliphatic heterocycles. The molecular formula is C22H23Cl3FNO2. The summed E-state index contributed by atoms with van der Waals surface area (Å²) in [6.07, 6.45) is 0.651. The predicted molar refractivity (Wildman–Crippen MR) is 116 cm³/mol. The maximum atomic E-state index is 15.0. The highest BCUT2D eigenvalue weighted by atomic mass is 35.5. The molecule has 7 heteroatoms. The highest BCUT2D eigenvalue weighted by molar-refractivity contribution is 6.42. The van der Waals surface area contributed by atoms with Crippen molar-refractivity contribution in [2.24, 2.45) is 5.41 Å². The van der Waals surface area contributed by atoms with Crippen molar-refractivity contribution in [1.29, 1.82) is 0 Å². The van der Waals surface area contributed by atoms with Crippen LogP contribution in [0.4, 0.5) is 4.39 Å². The summed E-state index contributed by atoms with van der Waals surface area (Å²) in [7, 11) is 0. The summed E-state index contributed by atoms with van der Waals surface area (Å²) in [4.78, 5) is 12.2. The van der Waals surface area contributed by atoms with Gasteiger partial charge in [0.2, 0.25) is 0 Å². The van der Waals surface area contributed by atoms with Crippen LogP contribution < -0.4 is 5.32 Å². The van der Waals surface area contributed by atoms with Crippen LogP contribution in [0.3, 0.4) is 0 Å². The van der Waals surface area contributed by atoms with E-state index in [-0.39, 0.29) is 16.5 Å². The van der Waals surface area contributed by atoms with Gasteiger partial charge in [-0.3, -0.25) is 4.79 Å². The quantitative estimate of drug-likeness (QED) is 0.549. The van der Waals surface area contributed by atoms with E-state index >= 15 is 0 Å². The Labute approximate surface area is 185 Å². The molecule has 0 aromatic heterocycles. The maximum absolute atomic E-state index is 15.0. The summed E-state index contributed by atoms with van der Waals surface area (Å²) in [5, 5.41) is 14.1. The Hall–Kier alpha value is -1.33. The van der Waals surface area contributed by atoms with Crippen molar-refractivity contribution in [2.75, 3.05) is 0 Å². The third-order valence-corrected chi connectivity index (χ3v) is 6.40. The minimum Gasteiger partial charge on any atom is -0.480 e. The first kappa shape index (κ1) is 22.4. The van der Waals surface area contributed by atoms with Gasteiger partial charge in [0.25, 0.3) is 0 Å². The molecular weight excluding hydrogens is 436 g/mol. The molecule has 0 bridgehead atoms. The summed E-state index contributed by atoms with van der Waals surface area (Å²) < 4.78 is 15.0. The maximum Gasteiger partial charge on any atom is 0.321 e. The first-order chi connectivity index (χ1) is 13.5. The zero-order chi connectivity index (χ0) is 21.5. The van der Waals surface area contributed by atoms with Crippen molar-refractivity contribution in [1.82, 2.24) is 5.32 Å². The van der Waals surface area contributed by atoms with Gasteiger partial charge in [0, 0.05) is 22.9 Å². The van der Waals surface area contributed by atoms with E-state index in [1.54, 1.807) is 30.3 Å². The lowest BCUT2D eigenvalue weighted by atomic mass is 9.74. The first-order valence-corrected chi connectivity index (χ1v) is 10.5. The molecule has 3 nitrogen and oxygen atoms in total. The van der Waals surface area contributed by atoms with Gasteiger partial charge < -0.3 is 10.4 Å². The topological polar surface area (TPSA) is 49.3 Å². The molecule has 156 valence electrons. The SMILES string of the molecule is CC(C)(C)CC1NC(C(=O)O)C(c2cccc(Cl)c2Cl)C1c1ccc(Cl)cc1F. The van der Waals surface area contributed by atoms with Crippen molar-refractivity contribution in [3.05, 3.63) is 68.4 Å². The molecule has 4 atom stereocenters. The van der Waals surface area contributed by atoms with Crippen LogP contribution in [-0.2, 0) is 4.79 Å². The average Bonchev–Trinajstić information content (AvgIpc) is 2.94. The van der Waals surface area contributed by atoms with E-state index in [2.05, 4.69) is 26.1 Å². The summed E-state index contributed by atoms with van der Waals surface area (Å²) in [6, 6.07) is 8.45. The van der Waals surface area contributed by atoms with Crippen LogP contribution in [0.2, 0.25) is 15.1 Å². The molecule has 1 saturated heterocycles. The molecule has 3 rings (SSSR count). The fraction of sp³-hybridized carbons (Fsp3) is 0.409. The highest BCUT2D eigenvalue weighted by Crippen LogP contribution is 2.49. The molecule has 2 aromatic carbocycles. The van der Waals surface area contributed by atoms with E-state index in [1.165, 1.54) is 6.07 Å². The molecule has 4 unspecified atom stereocenters. The zero-order valence-electron chi connectivity index (χ0n) is 16.3. The van der Waals surface area contributed by atoms with E-state index in [0.29, 0.717) is 27.6 Å². The Morgan fingerprint density at radius 2 is 1.79 bits per heavy atom. The number of benzene rings is 2. The van der Waals surface area contributed by atoms with Crippen LogP contribution in [0, 0.1) is 11.2 Å². The van der Waals surface area contributed by atoms with Gasteiger partial charge in [0.1, 0.15) is 11.9 Å². The lowest BCUT2D eigenvalue weighted by molar-refractivity contribution is -0.139. The Morgan fingerprint density at radius 3 is 2.38 bits per heavy atom. The fourth-order valence-electron chi connectivity index (χ4n) is 4.30. The summed E-state index contributed by atoms with van der Waals surface area (Å²) in [5.41, 5.74) is 0.908. The second-order valence-electron chi connectivity index (χ2n) is 8.71. The molecule has 1 heterocycles. The van der Waals surface area contributed by atoms with Crippen LogP contribution in [0.5, 0.6) is 0 Å². The van der Waals surface area contributed by atoms with Gasteiger partial charge in [-0.25, -0.2) is 4.39 Å². The fourth-order valence-corrected chi connectivity index (χ4v) is 4.89. The third kappa shape index (κ3) is 4.72. The number of nitrogens with one attached hydrogen (secondary N) is 1. The van der Waals surface area contributed by atoms with Crippen LogP contribution in [0.1, 0.15) is 50.2 Å². The van der Waals surface area contributed by atoms with E-state index in [4.69, 9.17) is 34.8 Å². The van der Waals surface area contributed by atoms with Crippen LogP contribution >= 0.6 is 34.8 Å². The Morgan fingerprint density at radius 1 is 1.10 bits per heavy atom. The number of carboxylic acid groups (broad SMARTS) is 1. The van der Waals surface area contributed by atoms with Crippen molar-refractivity contribution < 1.29 is 14.3 Å². The van der Waals surface area contributed by atoms with E-state index in [9.17, 15) is 14.3 Å². The van der Waals surface area contributed by atoms with Crippen molar-refractivity contribution in [3.8, 4) is 0 Å². The minimum atomic E-state index is -1.01. The summed E-state index contributed by atoms with van der Waals surface area (Å²) >= 11 is 18.6. The molecule has 29 heavy (non-hydrogen) atoms. The number of rotatable bonds is 4. The van der Waals surface area contributed by atoms with E-state index < -0.39 is 29.7 Å². The van der Waals surface area contributed by atoms with Crippen molar-refractivity contribution in [3.63, 3.8) is 0 Å². The molecule has 0 radical (unpaired) electrons. The van der Waals surface area contributed by atoms with Gasteiger partial charge in [-0.2, -0.15) is 0 Å². The van der Waals surface area contributed by atoms with Gasteiger partial charge in [-0.05, 0) is 41.2 Å². The summed E-state index contributed by atoms with van der Waals surface area (Å²) in [5.74, 6) is -2.52. The van der Waals surface area contributed by atoms with E-state index in [1.807, 2.05) is 0 Å². The lowest BCUT2D eigenvalue weighted by Crippen LogP contribution is -2.39. The molecule has 0 amide bonds. The Balaban J connectivity index is 2.21. The van der Waals surface area contributed by atoms with Gasteiger partial charge in [0.05, 0.1) is 10.0 Å². The third-order valence-electron chi connectivity index (χ3n) is 5.33. The summed E-state index contributed by atoms with van der Waals surface area (Å²) in [6.45, 7) is 6.21. The van der Waals surface area contributed by atoms with Crippen molar-refractivity contribution >= 4 is 40.8 Å². The van der Waals surface area contributed by atoms with Crippen LogP contribution in [0.15, 0.2) is 36.4 Å². The highest BCUT2D eigenvalue weighted by Gasteiger charge is 2.49. The largest absolute Gasteiger partial charge is 0.480 e. The smallest absolute Gasteiger partial charge is 0.321 e. The Bertz CT molecular complexity index is 929. The van der Waals surface area contributed by atoms with Gasteiger partial charge in [0.15, 0.2) is 0 Å². The first-order valence-electron chi connectivity index (χ1n) is 9.37. The number of hydrogen-bond acceptors (Lipinski definition) is 2. The standard InChI is InChI=1S/C22H23Cl3FNO2/c1-22(2,3)10-16-17(12-8-7-11(23)9-15(12)26)18(20(27-16)21(28)29)13-5-4-6-14(24)19(13)25/h4-9,16-18,20,27H,10H2,1-3H3,(H,28,29). The number of carboxylic acids is 1. The second-order valence-corrected chi connectivity index (χ2v) is 9.94.